The third-order valence-corrected chi connectivity index (χ3v) is 7.71. The Labute approximate surface area is 196 Å². The van der Waals surface area contributed by atoms with E-state index in [0.717, 1.165) is 41.3 Å². The van der Waals surface area contributed by atoms with Gasteiger partial charge < -0.3 is 14.9 Å². The number of aromatic nitrogens is 1. The van der Waals surface area contributed by atoms with Crippen molar-refractivity contribution in [3.63, 3.8) is 0 Å². The Morgan fingerprint density at radius 3 is 2.42 bits per heavy atom. The molecule has 0 bridgehead atoms. The maximum absolute atomic E-state index is 12.7. The Morgan fingerprint density at radius 1 is 1.15 bits per heavy atom. The van der Waals surface area contributed by atoms with Crippen LogP contribution < -0.4 is 9.38 Å². The number of carbonyl (C=O) groups is 2. The number of rotatable bonds is 4. The first-order valence-corrected chi connectivity index (χ1v) is 12.0. The molecule has 1 saturated heterocycles. The van der Waals surface area contributed by atoms with E-state index in [1.807, 2.05) is 39.2 Å². The van der Waals surface area contributed by atoms with Crippen molar-refractivity contribution in [1.29, 1.82) is 0 Å². The predicted molar refractivity (Wildman–Crippen MR) is 131 cm³/mol. The predicted octanol–water partition coefficient (Wildman–Crippen LogP) is 5.06. The summed E-state index contributed by atoms with van der Waals surface area (Å²) in [6.07, 6.45) is 5.26. The van der Waals surface area contributed by atoms with Crippen LogP contribution in [-0.2, 0) is 4.79 Å². The molecule has 2 amide bonds. The van der Waals surface area contributed by atoms with E-state index >= 15 is 0 Å². The van der Waals surface area contributed by atoms with Crippen molar-refractivity contribution in [1.82, 2.24) is 14.4 Å². The highest BCUT2D eigenvalue weighted by atomic mass is 16.4. The van der Waals surface area contributed by atoms with Gasteiger partial charge in [-0.2, -0.15) is 0 Å². The Kier molecular flexibility index (Phi) is 6.43. The van der Waals surface area contributed by atoms with Crippen LogP contribution >= 0.6 is 0 Å². The quantitative estimate of drug-likeness (QED) is 0.658. The maximum Gasteiger partial charge on any atom is 0.407 e. The van der Waals surface area contributed by atoms with Gasteiger partial charge in [0.1, 0.15) is 11.5 Å². The van der Waals surface area contributed by atoms with E-state index in [1.54, 1.807) is 6.92 Å². The molecule has 2 aliphatic heterocycles. The third kappa shape index (κ3) is 4.10. The van der Waals surface area contributed by atoms with Crippen LogP contribution in [0.5, 0.6) is 0 Å². The highest BCUT2D eigenvalue weighted by molar-refractivity contribution is 5.89. The molecule has 2 aromatic rings. The molecule has 7 heteroatoms. The van der Waals surface area contributed by atoms with Crippen molar-refractivity contribution in [2.75, 3.05) is 31.6 Å². The second-order valence-electron chi connectivity index (χ2n) is 9.49. The zero-order chi connectivity index (χ0) is 23.8. The lowest BCUT2D eigenvalue weighted by Gasteiger charge is -2.45. The van der Waals surface area contributed by atoms with Crippen LogP contribution in [0.2, 0.25) is 0 Å². The number of benzene rings is 1. The van der Waals surface area contributed by atoms with Crippen molar-refractivity contribution in [3.05, 3.63) is 42.1 Å². The summed E-state index contributed by atoms with van der Waals surface area (Å²) in [5, 5.41) is 9.86. The Hall–Kier alpha value is -2.93. The van der Waals surface area contributed by atoms with Gasteiger partial charge in [0.25, 0.3) is 0 Å². The number of pyridine rings is 1. The molecule has 0 spiro atoms. The van der Waals surface area contributed by atoms with Crippen LogP contribution in [0.4, 0.5) is 16.3 Å². The van der Waals surface area contributed by atoms with Gasteiger partial charge in [-0.25, -0.2) is 19.1 Å². The summed E-state index contributed by atoms with van der Waals surface area (Å²) in [6.45, 7) is 8.01. The Balaban J connectivity index is 1.76. The van der Waals surface area contributed by atoms with E-state index in [0.29, 0.717) is 13.0 Å². The van der Waals surface area contributed by atoms with Gasteiger partial charge in [0.05, 0.1) is 26.1 Å². The fourth-order valence-electron chi connectivity index (χ4n) is 5.45. The minimum atomic E-state index is -0.933. The monoisotopic (exact) mass is 451 g/mol. The SMILES string of the molecule is CCN(C(=O)O)C1C[C@H](C)[N@+](C)(C(C)=O)c2ccc(-c3ccc(N4CCCCC4)nc3)cc21. The van der Waals surface area contributed by atoms with Gasteiger partial charge in [-0.3, -0.25) is 0 Å². The molecule has 0 aliphatic carbocycles. The number of carbonyl (C=O) groups excluding carboxylic acids is 1. The van der Waals surface area contributed by atoms with Crippen molar-refractivity contribution >= 4 is 23.5 Å². The molecule has 3 atom stereocenters. The summed E-state index contributed by atoms with van der Waals surface area (Å²) in [6, 6.07) is 9.95. The van der Waals surface area contributed by atoms with E-state index in [2.05, 4.69) is 23.1 Å². The number of nitrogens with zero attached hydrogens (tertiary/aromatic N) is 4. The Bertz CT molecular complexity index is 1030. The minimum Gasteiger partial charge on any atom is -0.465 e. The molecule has 1 fully saturated rings. The van der Waals surface area contributed by atoms with Crippen molar-refractivity contribution in [2.24, 2.45) is 0 Å². The maximum atomic E-state index is 12.7. The lowest BCUT2D eigenvalue weighted by Crippen LogP contribution is -2.60. The molecule has 1 N–H and O–H groups in total. The molecule has 176 valence electrons. The van der Waals surface area contributed by atoms with Gasteiger partial charge in [0.15, 0.2) is 0 Å². The number of hydrogen-bond acceptors (Lipinski definition) is 4. The summed E-state index contributed by atoms with van der Waals surface area (Å²) >= 11 is 0. The highest BCUT2D eigenvalue weighted by Crippen LogP contribution is 2.45. The summed E-state index contributed by atoms with van der Waals surface area (Å²) in [4.78, 5) is 33.3. The second-order valence-corrected chi connectivity index (χ2v) is 9.49. The van der Waals surface area contributed by atoms with Gasteiger partial charge in [-0.15, -0.1) is 0 Å². The second kappa shape index (κ2) is 9.14. The van der Waals surface area contributed by atoms with Gasteiger partial charge in [0.2, 0.25) is 0 Å². The number of quaternary nitrogens is 1. The molecule has 4 rings (SSSR count). The first-order valence-electron chi connectivity index (χ1n) is 12.0. The molecule has 1 aromatic carbocycles. The molecule has 2 aliphatic rings. The fourth-order valence-corrected chi connectivity index (χ4v) is 5.45. The number of piperidine rings is 1. The average molecular weight is 452 g/mol. The summed E-state index contributed by atoms with van der Waals surface area (Å²) in [5.41, 5.74) is 3.77. The average Bonchev–Trinajstić information content (AvgIpc) is 2.82. The molecular weight excluding hydrogens is 416 g/mol. The molecule has 7 nitrogen and oxygen atoms in total. The Morgan fingerprint density at radius 2 is 1.85 bits per heavy atom. The molecule has 1 aromatic heterocycles. The lowest BCUT2D eigenvalue weighted by atomic mass is 9.86. The van der Waals surface area contributed by atoms with Crippen LogP contribution in [0.1, 0.15) is 58.1 Å². The molecular formula is C26H35N4O3+. The standard InChI is InChI=1S/C26H34N4O3/c1-5-29(26(32)33)23-15-18(2)30(4,19(3)31)24-11-9-20(16-22(23)24)21-10-12-25(27-17-21)28-13-7-6-8-14-28/h9-12,16-18,23H,5-8,13-15H2,1-4H3/p+1/t18-,23?,30+/m0/s1. The van der Waals surface area contributed by atoms with E-state index in [-0.39, 0.29) is 22.5 Å². The zero-order valence-electron chi connectivity index (χ0n) is 20.1. The molecule has 0 radical (unpaired) electrons. The number of fused-ring (bicyclic) bond motifs is 1. The van der Waals surface area contributed by atoms with Gasteiger partial charge >= 0.3 is 12.0 Å². The number of anilines is 1. The normalized spacial score (nSPS) is 24.8. The van der Waals surface area contributed by atoms with E-state index < -0.39 is 6.09 Å². The smallest absolute Gasteiger partial charge is 0.407 e. The highest BCUT2D eigenvalue weighted by Gasteiger charge is 2.47. The molecule has 3 heterocycles. The first kappa shape index (κ1) is 23.2. The van der Waals surface area contributed by atoms with Crippen molar-refractivity contribution < 1.29 is 14.7 Å². The van der Waals surface area contributed by atoms with Crippen LogP contribution in [0.25, 0.3) is 11.1 Å². The lowest BCUT2D eigenvalue weighted by molar-refractivity contribution is -0.129. The van der Waals surface area contributed by atoms with E-state index in [1.165, 1.54) is 24.2 Å². The fraction of sp³-hybridized carbons (Fsp3) is 0.500. The topological polar surface area (TPSA) is 73.7 Å². The molecule has 1 unspecified atom stereocenters. The number of hydrogen-bond donors (Lipinski definition) is 1. The third-order valence-electron chi connectivity index (χ3n) is 7.71. The van der Waals surface area contributed by atoms with Gasteiger partial charge in [-0.1, -0.05) is 0 Å². The summed E-state index contributed by atoms with van der Waals surface area (Å²) in [7, 11) is 1.94. The molecule has 0 saturated carbocycles. The van der Waals surface area contributed by atoms with Crippen LogP contribution in [0.15, 0.2) is 36.5 Å². The van der Waals surface area contributed by atoms with Crippen LogP contribution in [-0.4, -0.2) is 59.7 Å². The van der Waals surface area contributed by atoms with Crippen molar-refractivity contribution in [3.8, 4) is 11.1 Å². The summed E-state index contributed by atoms with van der Waals surface area (Å²) in [5.74, 6) is 1.06. The van der Waals surface area contributed by atoms with E-state index in [9.17, 15) is 14.7 Å². The number of carboxylic acid groups (broad SMARTS) is 1. The van der Waals surface area contributed by atoms with Crippen LogP contribution in [0, 0.1) is 0 Å². The summed E-state index contributed by atoms with van der Waals surface area (Å²) < 4.78 is 0.176. The molecule has 33 heavy (non-hydrogen) atoms. The van der Waals surface area contributed by atoms with E-state index in [4.69, 9.17) is 4.98 Å². The van der Waals surface area contributed by atoms with Gasteiger partial charge in [-0.05, 0) is 62.9 Å². The largest absolute Gasteiger partial charge is 0.465 e. The minimum absolute atomic E-state index is 0.0234. The number of amides is 2. The first-order chi connectivity index (χ1) is 15.8. The van der Waals surface area contributed by atoms with Gasteiger partial charge in [0, 0.05) is 49.4 Å². The zero-order valence-corrected chi connectivity index (χ0v) is 20.1. The van der Waals surface area contributed by atoms with Crippen LogP contribution in [0.3, 0.4) is 0 Å². The van der Waals surface area contributed by atoms with Crippen molar-refractivity contribution in [2.45, 2.75) is 58.5 Å².